The summed E-state index contributed by atoms with van der Waals surface area (Å²) in [5, 5.41) is 3.45. The van der Waals surface area contributed by atoms with Crippen molar-refractivity contribution >= 4 is 0 Å². The van der Waals surface area contributed by atoms with Gasteiger partial charge in [0.25, 0.3) is 0 Å². The Labute approximate surface area is 112 Å². The molecular weight excluding hydrogens is 222 g/mol. The summed E-state index contributed by atoms with van der Waals surface area (Å²) in [5.41, 5.74) is 1.41. The number of aryl methyl sites for hydroxylation is 1. The summed E-state index contributed by atoms with van der Waals surface area (Å²) in [6, 6.07) is 9.10. The first-order chi connectivity index (χ1) is 8.72. The second-order valence-corrected chi connectivity index (χ2v) is 5.00. The van der Waals surface area contributed by atoms with Crippen molar-refractivity contribution in [2.24, 2.45) is 0 Å². The van der Waals surface area contributed by atoms with Crippen molar-refractivity contribution in [3.8, 4) is 5.75 Å². The van der Waals surface area contributed by atoms with Gasteiger partial charge in [0.2, 0.25) is 0 Å². The van der Waals surface area contributed by atoms with E-state index in [4.69, 9.17) is 4.74 Å². The highest BCUT2D eigenvalue weighted by atomic mass is 16.5. The molecule has 2 nitrogen and oxygen atoms in total. The molecule has 1 rings (SSSR count). The monoisotopic (exact) mass is 249 g/mol. The number of rotatable bonds is 9. The van der Waals surface area contributed by atoms with E-state index in [9.17, 15) is 0 Å². The maximum absolute atomic E-state index is 5.43. The Bertz CT molecular complexity index is 305. The van der Waals surface area contributed by atoms with Gasteiger partial charge in [-0.25, -0.2) is 0 Å². The third-order valence-corrected chi connectivity index (χ3v) is 2.93. The molecule has 18 heavy (non-hydrogen) atoms. The molecule has 0 atom stereocenters. The topological polar surface area (TPSA) is 21.3 Å². The van der Waals surface area contributed by atoms with Crippen LogP contribution in [0, 0.1) is 0 Å². The fraction of sp³-hybridized carbons (Fsp3) is 0.625. The Morgan fingerprint density at radius 3 is 2.39 bits per heavy atom. The summed E-state index contributed by atoms with van der Waals surface area (Å²) in [4.78, 5) is 0. The zero-order valence-corrected chi connectivity index (χ0v) is 12.0. The van der Waals surface area contributed by atoms with E-state index < -0.39 is 0 Å². The highest BCUT2D eigenvalue weighted by molar-refractivity contribution is 5.27. The molecule has 102 valence electrons. The van der Waals surface area contributed by atoms with Crippen LogP contribution in [0.25, 0.3) is 0 Å². The molecule has 0 saturated heterocycles. The molecule has 1 aromatic carbocycles. The van der Waals surface area contributed by atoms with Crippen LogP contribution in [0.1, 0.15) is 45.6 Å². The maximum Gasteiger partial charge on any atom is 0.119 e. The summed E-state index contributed by atoms with van der Waals surface area (Å²) in [5.74, 6) is 0.974. The van der Waals surface area contributed by atoms with Gasteiger partial charge in [-0.15, -0.1) is 0 Å². The Kier molecular flexibility index (Phi) is 7.51. The highest BCUT2D eigenvalue weighted by Crippen LogP contribution is 2.14. The van der Waals surface area contributed by atoms with Crippen LogP contribution in [-0.4, -0.2) is 19.2 Å². The number of ether oxygens (including phenoxy) is 1. The lowest BCUT2D eigenvalue weighted by atomic mass is 10.1. The van der Waals surface area contributed by atoms with Gasteiger partial charge in [-0.2, -0.15) is 0 Å². The molecule has 0 heterocycles. The Morgan fingerprint density at radius 2 is 1.78 bits per heavy atom. The highest BCUT2D eigenvalue weighted by Gasteiger charge is 1.96. The number of hydrogen-bond donors (Lipinski definition) is 1. The predicted molar refractivity (Wildman–Crippen MR) is 78.3 cm³/mol. The molecule has 0 bridgehead atoms. The Balaban J connectivity index is 2.11. The van der Waals surface area contributed by atoms with Crippen molar-refractivity contribution in [1.82, 2.24) is 5.32 Å². The van der Waals surface area contributed by atoms with Gasteiger partial charge in [0.15, 0.2) is 0 Å². The molecule has 0 aliphatic carbocycles. The van der Waals surface area contributed by atoms with E-state index in [0.717, 1.165) is 18.9 Å². The van der Waals surface area contributed by atoms with Crippen LogP contribution >= 0.6 is 0 Å². The first-order valence-electron chi connectivity index (χ1n) is 7.17. The SMILES string of the molecule is CCOc1ccc(CCCCCNC(C)C)cc1. The average molecular weight is 249 g/mol. The summed E-state index contributed by atoms with van der Waals surface area (Å²) in [7, 11) is 0. The van der Waals surface area contributed by atoms with Gasteiger partial charge < -0.3 is 10.1 Å². The first kappa shape index (κ1) is 15.0. The third kappa shape index (κ3) is 6.65. The third-order valence-electron chi connectivity index (χ3n) is 2.93. The molecule has 0 aliphatic heterocycles. The van der Waals surface area contributed by atoms with E-state index >= 15 is 0 Å². The van der Waals surface area contributed by atoms with E-state index in [-0.39, 0.29) is 0 Å². The summed E-state index contributed by atoms with van der Waals surface area (Å²) < 4.78 is 5.43. The maximum atomic E-state index is 5.43. The fourth-order valence-corrected chi connectivity index (χ4v) is 1.94. The molecule has 0 fully saturated rings. The minimum Gasteiger partial charge on any atom is -0.494 e. The zero-order valence-electron chi connectivity index (χ0n) is 12.0. The van der Waals surface area contributed by atoms with Crippen molar-refractivity contribution in [2.45, 2.75) is 52.5 Å². The molecule has 0 saturated carbocycles. The first-order valence-corrected chi connectivity index (χ1v) is 7.17. The quantitative estimate of drug-likeness (QED) is 0.672. The van der Waals surface area contributed by atoms with E-state index in [1.807, 2.05) is 6.92 Å². The summed E-state index contributed by atoms with van der Waals surface area (Å²) in [6.45, 7) is 8.28. The van der Waals surface area contributed by atoms with Crippen LogP contribution in [0.4, 0.5) is 0 Å². The minimum atomic E-state index is 0.608. The predicted octanol–water partition coefficient (Wildman–Crippen LogP) is 3.80. The largest absolute Gasteiger partial charge is 0.494 e. The molecule has 0 amide bonds. The molecule has 0 spiro atoms. The van der Waals surface area contributed by atoms with Crippen LogP contribution in [0.5, 0.6) is 5.75 Å². The van der Waals surface area contributed by atoms with Gasteiger partial charge in [0, 0.05) is 6.04 Å². The number of benzene rings is 1. The van der Waals surface area contributed by atoms with Crippen LogP contribution in [0.15, 0.2) is 24.3 Å². The van der Waals surface area contributed by atoms with Crippen molar-refractivity contribution in [3.05, 3.63) is 29.8 Å². The smallest absolute Gasteiger partial charge is 0.119 e. The normalized spacial score (nSPS) is 10.9. The van der Waals surface area contributed by atoms with Gasteiger partial charge in [-0.05, 0) is 50.4 Å². The number of hydrogen-bond acceptors (Lipinski definition) is 2. The van der Waals surface area contributed by atoms with Crippen LogP contribution in [0.3, 0.4) is 0 Å². The molecule has 2 heteroatoms. The Morgan fingerprint density at radius 1 is 1.06 bits per heavy atom. The Hall–Kier alpha value is -1.02. The lowest BCUT2D eigenvalue weighted by molar-refractivity contribution is 0.340. The summed E-state index contributed by atoms with van der Waals surface area (Å²) >= 11 is 0. The van der Waals surface area contributed by atoms with E-state index in [1.165, 1.54) is 31.2 Å². The van der Waals surface area contributed by atoms with Gasteiger partial charge in [-0.3, -0.25) is 0 Å². The standard InChI is InChI=1S/C16H27NO/c1-4-18-16-11-9-15(10-12-16)8-6-5-7-13-17-14(2)3/h9-12,14,17H,4-8,13H2,1-3H3. The molecular formula is C16H27NO. The van der Waals surface area contributed by atoms with Crippen molar-refractivity contribution in [2.75, 3.05) is 13.2 Å². The van der Waals surface area contributed by atoms with Gasteiger partial charge in [0.1, 0.15) is 5.75 Å². The van der Waals surface area contributed by atoms with Crippen LogP contribution in [-0.2, 0) is 6.42 Å². The number of unbranched alkanes of at least 4 members (excludes halogenated alkanes) is 2. The van der Waals surface area contributed by atoms with Crippen LogP contribution < -0.4 is 10.1 Å². The lowest BCUT2D eigenvalue weighted by Gasteiger charge is -2.08. The lowest BCUT2D eigenvalue weighted by Crippen LogP contribution is -2.23. The van der Waals surface area contributed by atoms with Gasteiger partial charge >= 0.3 is 0 Å². The molecule has 0 aliphatic rings. The van der Waals surface area contributed by atoms with Crippen molar-refractivity contribution in [1.29, 1.82) is 0 Å². The van der Waals surface area contributed by atoms with Crippen molar-refractivity contribution < 1.29 is 4.74 Å². The van der Waals surface area contributed by atoms with Crippen molar-refractivity contribution in [3.63, 3.8) is 0 Å². The molecule has 1 N–H and O–H groups in total. The second-order valence-electron chi connectivity index (χ2n) is 5.00. The second kappa shape index (κ2) is 8.98. The molecule has 0 radical (unpaired) electrons. The molecule has 1 aromatic rings. The fourth-order valence-electron chi connectivity index (χ4n) is 1.94. The number of nitrogens with one attached hydrogen (secondary N) is 1. The van der Waals surface area contributed by atoms with E-state index in [2.05, 4.69) is 43.4 Å². The van der Waals surface area contributed by atoms with Gasteiger partial charge in [0.05, 0.1) is 6.61 Å². The summed E-state index contributed by atoms with van der Waals surface area (Å²) in [6.07, 6.45) is 5.02. The van der Waals surface area contributed by atoms with Gasteiger partial charge in [-0.1, -0.05) is 32.4 Å². The zero-order chi connectivity index (χ0) is 13.2. The average Bonchev–Trinajstić information content (AvgIpc) is 2.35. The van der Waals surface area contributed by atoms with E-state index in [0.29, 0.717) is 6.04 Å². The molecule has 0 aromatic heterocycles. The van der Waals surface area contributed by atoms with Crippen LogP contribution in [0.2, 0.25) is 0 Å². The van der Waals surface area contributed by atoms with E-state index in [1.54, 1.807) is 0 Å². The minimum absolute atomic E-state index is 0.608. The molecule has 0 unspecified atom stereocenters.